The predicted molar refractivity (Wildman–Crippen MR) is 89.1 cm³/mol. The molecule has 2 rings (SSSR count). The molecule has 24 heavy (non-hydrogen) atoms. The molecule has 7 heteroatoms. The zero-order valence-corrected chi connectivity index (χ0v) is 14.4. The molecule has 0 amide bonds. The van der Waals surface area contributed by atoms with Crippen molar-refractivity contribution in [2.24, 2.45) is 0 Å². The third kappa shape index (κ3) is 3.41. The first kappa shape index (κ1) is 17.9. The summed E-state index contributed by atoms with van der Waals surface area (Å²) in [4.78, 5) is 11.9. The first-order chi connectivity index (χ1) is 11.3. The average Bonchev–Trinajstić information content (AvgIpc) is 2.55. The van der Waals surface area contributed by atoms with E-state index in [1.165, 1.54) is 19.2 Å². The van der Waals surface area contributed by atoms with Gasteiger partial charge in [-0.25, -0.2) is 17.6 Å². The molecule has 0 saturated heterocycles. The maximum atomic E-state index is 13.0. The molecule has 0 bridgehead atoms. The Hall–Kier alpha value is -2.41. The normalized spacial score (nSPS) is 11.2. The summed E-state index contributed by atoms with van der Waals surface area (Å²) >= 11 is 0. The molecule has 0 atom stereocenters. The van der Waals surface area contributed by atoms with Crippen LogP contribution in [0.25, 0.3) is 0 Å². The number of sulfonamides is 1. The van der Waals surface area contributed by atoms with Gasteiger partial charge in [-0.2, -0.15) is 0 Å². The highest BCUT2D eigenvalue weighted by Gasteiger charge is 2.24. The maximum Gasteiger partial charge on any atom is 0.338 e. The summed E-state index contributed by atoms with van der Waals surface area (Å²) in [6.07, 6.45) is 0. The summed E-state index contributed by atoms with van der Waals surface area (Å²) in [5.41, 5.74) is 1.14. The van der Waals surface area contributed by atoms with Gasteiger partial charge in [0.15, 0.2) is 0 Å². The fourth-order valence-corrected chi connectivity index (χ4v) is 3.54. The number of carbonyl (C=O) groups excluding carboxylic acids is 1. The van der Waals surface area contributed by atoms with E-state index in [4.69, 9.17) is 4.74 Å². The number of esters is 1. The van der Waals surface area contributed by atoms with Crippen LogP contribution in [-0.4, -0.2) is 28.0 Å². The van der Waals surface area contributed by atoms with E-state index < -0.39 is 21.8 Å². The molecule has 2 aromatic carbocycles. The smallest absolute Gasteiger partial charge is 0.338 e. The predicted octanol–water partition coefficient (Wildman–Crippen LogP) is 3.14. The quantitative estimate of drug-likeness (QED) is 0.777. The van der Waals surface area contributed by atoms with Gasteiger partial charge in [0.25, 0.3) is 10.0 Å². The van der Waals surface area contributed by atoms with Crippen molar-refractivity contribution in [2.45, 2.75) is 18.7 Å². The SMILES string of the molecule is CCOC(=O)c1cccc(N(C)S(=O)(=O)c2ccc(F)cc2)c1C. The number of rotatable bonds is 5. The standard InChI is InChI=1S/C17H18FNO4S/c1-4-23-17(20)15-6-5-7-16(12(15)2)19(3)24(21,22)14-10-8-13(18)9-11-14/h5-11H,4H2,1-3H3. The van der Waals surface area contributed by atoms with E-state index in [-0.39, 0.29) is 11.5 Å². The second kappa shape index (κ2) is 7.00. The summed E-state index contributed by atoms with van der Waals surface area (Å²) < 4.78 is 44.4. The van der Waals surface area contributed by atoms with Crippen LogP contribution in [0.5, 0.6) is 0 Å². The Balaban J connectivity index is 2.46. The summed E-state index contributed by atoms with van der Waals surface area (Å²) in [5.74, 6) is -1.03. The first-order valence-corrected chi connectivity index (χ1v) is 8.74. The van der Waals surface area contributed by atoms with Gasteiger partial charge >= 0.3 is 5.97 Å². The molecule has 0 N–H and O–H groups in total. The van der Waals surface area contributed by atoms with E-state index >= 15 is 0 Å². The lowest BCUT2D eigenvalue weighted by Gasteiger charge is -2.22. The Labute approximate surface area is 140 Å². The molecule has 128 valence electrons. The molecule has 0 radical (unpaired) electrons. The zero-order valence-electron chi connectivity index (χ0n) is 13.6. The fourth-order valence-electron chi connectivity index (χ4n) is 2.29. The van der Waals surface area contributed by atoms with Crippen LogP contribution in [-0.2, 0) is 14.8 Å². The van der Waals surface area contributed by atoms with Crippen LogP contribution in [0.15, 0.2) is 47.4 Å². The number of nitrogens with zero attached hydrogens (tertiary/aromatic N) is 1. The van der Waals surface area contributed by atoms with Crippen LogP contribution in [0, 0.1) is 12.7 Å². The molecule has 0 aliphatic rings. The number of benzene rings is 2. The number of ether oxygens (including phenoxy) is 1. The van der Waals surface area contributed by atoms with Gasteiger partial charge < -0.3 is 4.74 Å². The molecule has 0 saturated carbocycles. The van der Waals surface area contributed by atoms with Gasteiger partial charge in [-0.3, -0.25) is 4.31 Å². The third-order valence-electron chi connectivity index (χ3n) is 3.61. The minimum atomic E-state index is -3.87. The minimum absolute atomic E-state index is 0.0349. The molecule has 0 fully saturated rings. The van der Waals surface area contributed by atoms with Gasteiger partial charge in [0, 0.05) is 7.05 Å². The third-order valence-corrected chi connectivity index (χ3v) is 5.40. The summed E-state index contributed by atoms with van der Waals surface area (Å²) in [6.45, 7) is 3.58. The molecule has 0 aliphatic heterocycles. The number of hydrogen-bond donors (Lipinski definition) is 0. The number of hydrogen-bond acceptors (Lipinski definition) is 4. The van der Waals surface area contributed by atoms with E-state index in [1.807, 2.05) is 0 Å². The Bertz CT molecular complexity index is 847. The summed E-state index contributed by atoms with van der Waals surface area (Å²) in [5, 5.41) is 0. The molecule has 2 aromatic rings. The second-order valence-corrected chi connectivity index (χ2v) is 7.07. The lowest BCUT2D eigenvalue weighted by molar-refractivity contribution is 0.0525. The van der Waals surface area contributed by atoms with E-state index in [0.29, 0.717) is 16.8 Å². The fraction of sp³-hybridized carbons (Fsp3) is 0.235. The molecular formula is C17H18FNO4S. The van der Waals surface area contributed by atoms with Crippen LogP contribution < -0.4 is 4.31 Å². The summed E-state index contributed by atoms with van der Waals surface area (Å²) in [6, 6.07) is 9.34. The van der Waals surface area contributed by atoms with Gasteiger partial charge in [0.05, 0.1) is 22.8 Å². The highest BCUT2D eigenvalue weighted by Crippen LogP contribution is 2.27. The van der Waals surface area contributed by atoms with Crippen molar-refractivity contribution in [3.8, 4) is 0 Å². The van der Waals surface area contributed by atoms with Crippen molar-refractivity contribution in [3.05, 3.63) is 59.4 Å². The maximum absolute atomic E-state index is 13.0. The Morgan fingerprint density at radius 3 is 2.38 bits per heavy atom. The molecule has 0 unspecified atom stereocenters. The Morgan fingerprint density at radius 2 is 1.79 bits per heavy atom. The molecule has 5 nitrogen and oxygen atoms in total. The highest BCUT2D eigenvalue weighted by molar-refractivity contribution is 7.92. The van der Waals surface area contributed by atoms with Gasteiger partial charge in [0.1, 0.15) is 5.82 Å². The minimum Gasteiger partial charge on any atom is -0.462 e. The van der Waals surface area contributed by atoms with Crippen LogP contribution in [0.1, 0.15) is 22.8 Å². The Kier molecular flexibility index (Phi) is 5.23. The highest BCUT2D eigenvalue weighted by atomic mass is 32.2. The lowest BCUT2D eigenvalue weighted by atomic mass is 10.1. The summed E-state index contributed by atoms with van der Waals surface area (Å²) in [7, 11) is -2.49. The average molecular weight is 351 g/mol. The molecule has 0 spiro atoms. The lowest BCUT2D eigenvalue weighted by Crippen LogP contribution is -2.27. The van der Waals surface area contributed by atoms with E-state index in [2.05, 4.69) is 0 Å². The largest absolute Gasteiger partial charge is 0.462 e. The van der Waals surface area contributed by atoms with E-state index in [1.54, 1.807) is 32.0 Å². The molecule has 0 heterocycles. The monoisotopic (exact) mass is 351 g/mol. The molecular weight excluding hydrogens is 333 g/mol. The van der Waals surface area contributed by atoms with Crippen molar-refractivity contribution >= 4 is 21.7 Å². The second-order valence-electron chi connectivity index (χ2n) is 5.10. The first-order valence-electron chi connectivity index (χ1n) is 7.30. The van der Waals surface area contributed by atoms with Crippen molar-refractivity contribution in [1.82, 2.24) is 0 Å². The number of carbonyl (C=O) groups is 1. The van der Waals surface area contributed by atoms with Crippen molar-refractivity contribution in [2.75, 3.05) is 18.0 Å². The number of halogens is 1. The zero-order chi connectivity index (χ0) is 17.9. The van der Waals surface area contributed by atoms with Gasteiger partial charge in [0.2, 0.25) is 0 Å². The molecule has 0 aliphatic carbocycles. The van der Waals surface area contributed by atoms with E-state index in [9.17, 15) is 17.6 Å². The molecule has 0 aromatic heterocycles. The van der Waals surface area contributed by atoms with Crippen LogP contribution >= 0.6 is 0 Å². The van der Waals surface area contributed by atoms with Gasteiger partial charge in [-0.15, -0.1) is 0 Å². The van der Waals surface area contributed by atoms with Crippen LogP contribution in [0.2, 0.25) is 0 Å². The number of anilines is 1. The topological polar surface area (TPSA) is 63.7 Å². The van der Waals surface area contributed by atoms with Gasteiger partial charge in [-0.05, 0) is 55.8 Å². The van der Waals surface area contributed by atoms with Crippen molar-refractivity contribution in [1.29, 1.82) is 0 Å². The Morgan fingerprint density at radius 1 is 1.17 bits per heavy atom. The van der Waals surface area contributed by atoms with Gasteiger partial charge in [-0.1, -0.05) is 6.07 Å². The van der Waals surface area contributed by atoms with Crippen LogP contribution in [0.3, 0.4) is 0 Å². The van der Waals surface area contributed by atoms with Crippen molar-refractivity contribution < 1.29 is 22.3 Å². The van der Waals surface area contributed by atoms with E-state index in [0.717, 1.165) is 16.4 Å². The van der Waals surface area contributed by atoms with Crippen molar-refractivity contribution in [3.63, 3.8) is 0 Å². The van der Waals surface area contributed by atoms with Crippen LogP contribution in [0.4, 0.5) is 10.1 Å².